The zero-order valence-electron chi connectivity index (χ0n) is 7.72. The number of aliphatic hydroxyl groups is 1. The summed E-state index contributed by atoms with van der Waals surface area (Å²) in [5.41, 5.74) is 2.36. The fourth-order valence-electron chi connectivity index (χ4n) is 0.810. The second kappa shape index (κ2) is 5.14. The lowest BCUT2D eigenvalue weighted by molar-refractivity contribution is 0.247. The lowest BCUT2D eigenvalue weighted by Crippen LogP contribution is -2.05. The molecule has 0 rings (SSSR count). The first kappa shape index (κ1) is 10.4. The smallest absolute Gasteiger partial charge is 0.0499 e. The molecule has 0 aliphatic rings. The molecule has 0 aromatic carbocycles. The summed E-state index contributed by atoms with van der Waals surface area (Å²) >= 11 is 0. The highest BCUT2D eigenvalue weighted by molar-refractivity contribution is 5.02. The van der Waals surface area contributed by atoms with E-state index in [1.807, 2.05) is 6.92 Å². The third-order valence-corrected chi connectivity index (χ3v) is 1.73. The molecule has 0 saturated carbocycles. The highest BCUT2D eigenvalue weighted by atomic mass is 16.3. The van der Waals surface area contributed by atoms with Gasteiger partial charge in [-0.1, -0.05) is 23.8 Å². The van der Waals surface area contributed by atoms with Gasteiger partial charge in [-0.2, -0.15) is 0 Å². The Labute approximate surface area is 69.4 Å². The molecule has 0 saturated heterocycles. The van der Waals surface area contributed by atoms with Crippen molar-refractivity contribution in [1.82, 2.24) is 0 Å². The van der Waals surface area contributed by atoms with Crippen LogP contribution in [0.25, 0.3) is 0 Å². The molecule has 1 heteroatoms. The van der Waals surface area contributed by atoms with Gasteiger partial charge in [0.15, 0.2) is 0 Å². The van der Waals surface area contributed by atoms with Crippen LogP contribution in [0.5, 0.6) is 0 Å². The van der Waals surface area contributed by atoms with Crippen LogP contribution < -0.4 is 0 Å². The van der Waals surface area contributed by atoms with Crippen molar-refractivity contribution in [3.8, 4) is 0 Å². The molecule has 0 heterocycles. The van der Waals surface area contributed by atoms with Crippen molar-refractivity contribution >= 4 is 0 Å². The summed E-state index contributed by atoms with van der Waals surface area (Å²) in [5, 5.41) is 8.92. The van der Waals surface area contributed by atoms with E-state index in [4.69, 9.17) is 5.11 Å². The number of rotatable bonds is 4. The van der Waals surface area contributed by atoms with E-state index in [0.29, 0.717) is 0 Å². The van der Waals surface area contributed by atoms with Gasteiger partial charge in [0.2, 0.25) is 0 Å². The molecular formula is C10H18O. The van der Waals surface area contributed by atoms with Crippen LogP contribution in [0.2, 0.25) is 0 Å². The monoisotopic (exact) mass is 154 g/mol. The topological polar surface area (TPSA) is 20.2 Å². The van der Waals surface area contributed by atoms with Crippen LogP contribution in [0.4, 0.5) is 0 Å². The molecule has 0 aliphatic heterocycles. The van der Waals surface area contributed by atoms with E-state index in [1.54, 1.807) is 0 Å². The van der Waals surface area contributed by atoms with Crippen molar-refractivity contribution in [2.24, 2.45) is 5.92 Å². The van der Waals surface area contributed by atoms with Gasteiger partial charge in [-0.3, -0.25) is 0 Å². The molecule has 1 atom stereocenters. The quantitative estimate of drug-likeness (QED) is 0.617. The largest absolute Gasteiger partial charge is 0.396 e. The van der Waals surface area contributed by atoms with Crippen molar-refractivity contribution in [2.45, 2.75) is 27.2 Å². The molecule has 1 N–H and O–H groups in total. The number of allylic oxidation sites excluding steroid dienone is 2. The van der Waals surface area contributed by atoms with E-state index in [9.17, 15) is 0 Å². The highest BCUT2D eigenvalue weighted by Gasteiger charge is 2.04. The van der Waals surface area contributed by atoms with Crippen molar-refractivity contribution in [1.29, 1.82) is 0 Å². The molecule has 0 aliphatic carbocycles. The Morgan fingerprint density at radius 1 is 1.45 bits per heavy atom. The Kier molecular flexibility index (Phi) is 4.88. The third-order valence-electron chi connectivity index (χ3n) is 1.73. The zero-order chi connectivity index (χ0) is 8.85. The average molecular weight is 154 g/mol. The Morgan fingerprint density at radius 2 is 2.00 bits per heavy atom. The third kappa shape index (κ3) is 4.79. The van der Waals surface area contributed by atoms with Gasteiger partial charge in [-0.25, -0.2) is 0 Å². The molecule has 0 unspecified atom stereocenters. The van der Waals surface area contributed by atoms with Crippen LogP contribution >= 0.6 is 0 Å². The minimum Gasteiger partial charge on any atom is -0.396 e. The highest BCUT2D eigenvalue weighted by Crippen LogP contribution is 2.13. The van der Waals surface area contributed by atoms with Crippen LogP contribution in [-0.2, 0) is 0 Å². The number of hydrogen-bond acceptors (Lipinski definition) is 1. The standard InChI is InChI=1S/C10H18O/c1-8(2)5-6-10(7-11)9(3)4/h5,10-11H,3,6-7H2,1-2,4H3/t10-/m1/s1. The first-order valence-electron chi connectivity index (χ1n) is 3.97. The molecule has 0 aromatic rings. The van der Waals surface area contributed by atoms with Crippen LogP contribution in [0, 0.1) is 5.92 Å². The molecule has 1 nitrogen and oxygen atoms in total. The van der Waals surface area contributed by atoms with E-state index < -0.39 is 0 Å². The van der Waals surface area contributed by atoms with Gasteiger partial charge in [0.05, 0.1) is 0 Å². The van der Waals surface area contributed by atoms with Crippen LogP contribution in [-0.4, -0.2) is 11.7 Å². The summed E-state index contributed by atoms with van der Waals surface area (Å²) in [6, 6.07) is 0. The fraction of sp³-hybridized carbons (Fsp3) is 0.600. The number of aliphatic hydroxyl groups excluding tert-OH is 1. The van der Waals surface area contributed by atoms with E-state index in [1.165, 1.54) is 5.57 Å². The maximum absolute atomic E-state index is 8.92. The van der Waals surface area contributed by atoms with Gasteiger partial charge in [0.25, 0.3) is 0 Å². The van der Waals surface area contributed by atoms with E-state index in [-0.39, 0.29) is 12.5 Å². The summed E-state index contributed by atoms with van der Waals surface area (Å²) in [6.07, 6.45) is 3.05. The number of hydrogen-bond donors (Lipinski definition) is 1. The summed E-state index contributed by atoms with van der Waals surface area (Å²) in [6.45, 7) is 10.1. The van der Waals surface area contributed by atoms with Crippen molar-refractivity contribution < 1.29 is 5.11 Å². The molecule has 0 radical (unpaired) electrons. The van der Waals surface area contributed by atoms with Gasteiger partial charge in [0.1, 0.15) is 0 Å². The van der Waals surface area contributed by atoms with E-state index >= 15 is 0 Å². The maximum Gasteiger partial charge on any atom is 0.0499 e. The Morgan fingerprint density at radius 3 is 2.27 bits per heavy atom. The van der Waals surface area contributed by atoms with Gasteiger partial charge in [-0.15, -0.1) is 0 Å². The summed E-state index contributed by atoms with van der Waals surface area (Å²) in [7, 11) is 0. The normalized spacial score (nSPS) is 12.4. The molecule has 64 valence electrons. The molecular weight excluding hydrogens is 136 g/mol. The van der Waals surface area contributed by atoms with Gasteiger partial charge in [-0.05, 0) is 27.2 Å². The summed E-state index contributed by atoms with van der Waals surface area (Å²) in [5.74, 6) is 0.241. The minimum atomic E-state index is 0.207. The zero-order valence-corrected chi connectivity index (χ0v) is 7.72. The lowest BCUT2D eigenvalue weighted by Gasteiger charge is -2.10. The molecule has 0 fully saturated rings. The van der Waals surface area contributed by atoms with Crippen molar-refractivity contribution in [3.63, 3.8) is 0 Å². The fourth-order valence-corrected chi connectivity index (χ4v) is 0.810. The first-order valence-corrected chi connectivity index (χ1v) is 3.97. The lowest BCUT2D eigenvalue weighted by atomic mass is 9.98. The van der Waals surface area contributed by atoms with Crippen molar-refractivity contribution in [3.05, 3.63) is 23.8 Å². The second-order valence-electron chi connectivity index (χ2n) is 3.24. The first-order chi connectivity index (χ1) is 5.07. The SMILES string of the molecule is C=C(C)[C@@H](CO)CC=C(C)C. The molecule has 0 amide bonds. The van der Waals surface area contributed by atoms with Crippen LogP contribution in [0.1, 0.15) is 27.2 Å². The average Bonchev–Trinajstić information content (AvgIpc) is 1.87. The van der Waals surface area contributed by atoms with E-state index in [2.05, 4.69) is 26.5 Å². The van der Waals surface area contributed by atoms with Crippen LogP contribution in [0.15, 0.2) is 23.8 Å². The second-order valence-corrected chi connectivity index (χ2v) is 3.24. The Hall–Kier alpha value is -0.560. The van der Waals surface area contributed by atoms with Gasteiger partial charge in [0, 0.05) is 12.5 Å². The van der Waals surface area contributed by atoms with Gasteiger partial charge < -0.3 is 5.11 Å². The molecule has 0 spiro atoms. The summed E-state index contributed by atoms with van der Waals surface area (Å²) < 4.78 is 0. The molecule has 0 bridgehead atoms. The van der Waals surface area contributed by atoms with Crippen LogP contribution in [0.3, 0.4) is 0 Å². The molecule has 0 aromatic heterocycles. The van der Waals surface area contributed by atoms with Crippen molar-refractivity contribution in [2.75, 3.05) is 6.61 Å². The maximum atomic E-state index is 8.92. The Bertz CT molecular complexity index is 152. The Balaban J connectivity index is 3.89. The molecule has 11 heavy (non-hydrogen) atoms. The predicted molar refractivity (Wildman–Crippen MR) is 49.4 cm³/mol. The van der Waals surface area contributed by atoms with E-state index in [0.717, 1.165) is 12.0 Å². The van der Waals surface area contributed by atoms with Gasteiger partial charge >= 0.3 is 0 Å². The minimum absolute atomic E-state index is 0.207. The predicted octanol–water partition coefficient (Wildman–Crippen LogP) is 2.53. The summed E-state index contributed by atoms with van der Waals surface area (Å²) in [4.78, 5) is 0.